The van der Waals surface area contributed by atoms with Crippen molar-refractivity contribution in [2.45, 2.75) is 25.4 Å². The molecule has 0 saturated heterocycles. The van der Waals surface area contributed by atoms with Crippen LogP contribution in [0.4, 0.5) is 5.00 Å². The molecule has 1 aliphatic carbocycles. The van der Waals surface area contributed by atoms with Gasteiger partial charge in [-0.3, -0.25) is 15.0 Å². The molecule has 1 fully saturated rings. The third-order valence-corrected chi connectivity index (χ3v) is 4.15. The molecule has 0 aromatic carbocycles. The number of rotatable bonds is 6. The van der Waals surface area contributed by atoms with E-state index in [4.69, 9.17) is 5.73 Å². The van der Waals surface area contributed by atoms with Crippen molar-refractivity contribution >= 4 is 28.7 Å². The summed E-state index contributed by atoms with van der Waals surface area (Å²) in [5, 5.41) is 12.7. The van der Waals surface area contributed by atoms with Crippen molar-refractivity contribution < 1.29 is 4.92 Å². The second kappa shape index (κ2) is 6.47. The van der Waals surface area contributed by atoms with E-state index in [1.165, 1.54) is 24.2 Å². The van der Waals surface area contributed by atoms with Crippen LogP contribution in [0.3, 0.4) is 0 Å². The monoisotopic (exact) mass is 291 g/mol. The van der Waals surface area contributed by atoms with E-state index in [-0.39, 0.29) is 22.3 Å². The zero-order valence-corrected chi connectivity index (χ0v) is 11.9. The van der Waals surface area contributed by atoms with Gasteiger partial charge in [0, 0.05) is 30.6 Å². The Morgan fingerprint density at radius 1 is 1.67 bits per heavy atom. The molecule has 7 heteroatoms. The third-order valence-electron chi connectivity index (χ3n) is 3.23. The van der Waals surface area contributed by atoms with Gasteiger partial charge in [0.05, 0.1) is 4.92 Å². The quantitative estimate of drug-likeness (QED) is 0.644. The normalized spacial score (nSPS) is 16.4. The van der Waals surface area contributed by atoms with Crippen LogP contribution >= 0.6 is 23.7 Å². The van der Waals surface area contributed by atoms with Crippen LogP contribution in [0, 0.1) is 16.0 Å². The van der Waals surface area contributed by atoms with Crippen molar-refractivity contribution in [3.8, 4) is 0 Å². The fourth-order valence-electron chi connectivity index (χ4n) is 2.16. The van der Waals surface area contributed by atoms with Gasteiger partial charge < -0.3 is 5.73 Å². The zero-order valence-electron chi connectivity index (χ0n) is 10.2. The number of halogens is 1. The summed E-state index contributed by atoms with van der Waals surface area (Å²) in [6.45, 7) is 1.40. The predicted octanol–water partition coefficient (Wildman–Crippen LogP) is 2.25. The Hall–Kier alpha value is -0.690. The number of thiophene rings is 1. The molecule has 1 aliphatic rings. The molecule has 1 unspecified atom stereocenters. The smallest absolute Gasteiger partial charge is 0.324 e. The van der Waals surface area contributed by atoms with E-state index in [2.05, 4.69) is 4.90 Å². The largest absolute Gasteiger partial charge is 0.329 e. The van der Waals surface area contributed by atoms with Crippen LogP contribution in [0.2, 0.25) is 0 Å². The first-order valence-electron chi connectivity index (χ1n) is 5.74. The molecule has 0 bridgehead atoms. The maximum Gasteiger partial charge on any atom is 0.324 e. The predicted molar refractivity (Wildman–Crippen MR) is 75.3 cm³/mol. The maximum absolute atomic E-state index is 10.6. The Morgan fingerprint density at radius 3 is 2.78 bits per heavy atom. The van der Waals surface area contributed by atoms with Crippen molar-refractivity contribution in [2.75, 3.05) is 13.6 Å². The fourth-order valence-corrected chi connectivity index (χ4v) is 2.88. The Morgan fingerprint density at radius 2 is 2.33 bits per heavy atom. The lowest BCUT2D eigenvalue weighted by Crippen LogP contribution is -2.39. The molecule has 1 aromatic rings. The van der Waals surface area contributed by atoms with Crippen molar-refractivity contribution in [2.24, 2.45) is 11.7 Å². The van der Waals surface area contributed by atoms with Gasteiger partial charge in [0.15, 0.2) is 0 Å². The average Bonchev–Trinajstić information content (AvgIpc) is 2.98. The van der Waals surface area contributed by atoms with Crippen LogP contribution in [0.15, 0.2) is 11.4 Å². The maximum atomic E-state index is 10.6. The highest BCUT2D eigenvalue weighted by molar-refractivity contribution is 7.13. The molecule has 2 rings (SSSR count). The Labute approximate surface area is 117 Å². The van der Waals surface area contributed by atoms with Crippen LogP contribution in [0.5, 0.6) is 0 Å². The summed E-state index contributed by atoms with van der Waals surface area (Å²) < 4.78 is 0. The SMILES string of the molecule is CN(Cc1csc([N+](=O)[O-])c1)C(CN)C1CC1.Cl. The van der Waals surface area contributed by atoms with Gasteiger partial charge in [-0.15, -0.1) is 12.4 Å². The van der Waals surface area contributed by atoms with Gasteiger partial charge in [-0.25, -0.2) is 0 Å². The molecular formula is C11H18ClN3O2S. The zero-order chi connectivity index (χ0) is 12.4. The molecule has 0 radical (unpaired) electrons. The van der Waals surface area contributed by atoms with E-state index in [0.717, 1.165) is 18.0 Å². The second-order valence-corrected chi connectivity index (χ2v) is 5.50. The van der Waals surface area contributed by atoms with Crippen molar-refractivity contribution in [1.29, 1.82) is 0 Å². The van der Waals surface area contributed by atoms with E-state index in [1.807, 2.05) is 12.4 Å². The summed E-state index contributed by atoms with van der Waals surface area (Å²) in [7, 11) is 2.04. The first kappa shape index (κ1) is 15.4. The summed E-state index contributed by atoms with van der Waals surface area (Å²) in [5.74, 6) is 0.721. The summed E-state index contributed by atoms with van der Waals surface area (Å²) in [6, 6.07) is 2.07. The van der Waals surface area contributed by atoms with Gasteiger partial charge in [0.25, 0.3) is 0 Å². The first-order valence-corrected chi connectivity index (χ1v) is 6.62. The van der Waals surface area contributed by atoms with Gasteiger partial charge in [0.2, 0.25) is 0 Å². The number of hydrogen-bond acceptors (Lipinski definition) is 5. The van der Waals surface area contributed by atoms with Crippen molar-refractivity contribution in [1.82, 2.24) is 4.90 Å². The lowest BCUT2D eigenvalue weighted by Gasteiger charge is -2.26. The molecule has 2 N–H and O–H groups in total. The van der Waals surface area contributed by atoms with E-state index in [1.54, 1.807) is 6.07 Å². The number of nitrogens with two attached hydrogens (primary N) is 1. The topological polar surface area (TPSA) is 72.4 Å². The number of likely N-dealkylation sites (N-methyl/N-ethyl adjacent to an activating group) is 1. The molecule has 1 saturated carbocycles. The summed E-state index contributed by atoms with van der Waals surface area (Å²) in [6.07, 6.45) is 2.52. The second-order valence-electron chi connectivity index (χ2n) is 4.61. The highest BCUT2D eigenvalue weighted by Gasteiger charge is 2.32. The van der Waals surface area contributed by atoms with Gasteiger partial charge in [0.1, 0.15) is 0 Å². The minimum Gasteiger partial charge on any atom is -0.329 e. The van der Waals surface area contributed by atoms with Crippen molar-refractivity contribution in [3.05, 3.63) is 27.1 Å². The molecule has 18 heavy (non-hydrogen) atoms. The summed E-state index contributed by atoms with van der Waals surface area (Å²) in [4.78, 5) is 12.5. The van der Waals surface area contributed by atoms with Crippen LogP contribution in [0.25, 0.3) is 0 Å². The van der Waals surface area contributed by atoms with Crippen LogP contribution in [-0.4, -0.2) is 29.5 Å². The van der Waals surface area contributed by atoms with E-state index >= 15 is 0 Å². The molecule has 0 spiro atoms. The minimum atomic E-state index is -0.338. The molecule has 1 atom stereocenters. The summed E-state index contributed by atoms with van der Waals surface area (Å²) >= 11 is 1.19. The van der Waals surface area contributed by atoms with Gasteiger partial charge in [-0.2, -0.15) is 0 Å². The number of nitrogens with zero attached hydrogens (tertiary/aromatic N) is 2. The van der Waals surface area contributed by atoms with Gasteiger partial charge in [-0.1, -0.05) is 11.3 Å². The van der Waals surface area contributed by atoms with Crippen molar-refractivity contribution in [3.63, 3.8) is 0 Å². The van der Waals surface area contributed by atoms with E-state index in [0.29, 0.717) is 12.6 Å². The number of hydrogen-bond donors (Lipinski definition) is 1. The Bertz CT molecular complexity index is 409. The average molecular weight is 292 g/mol. The van der Waals surface area contributed by atoms with Gasteiger partial charge in [-0.05, 0) is 31.4 Å². The Balaban J connectivity index is 0.00000162. The first-order chi connectivity index (χ1) is 8.11. The molecule has 0 aliphatic heterocycles. The minimum absolute atomic E-state index is 0. The molecule has 1 heterocycles. The van der Waals surface area contributed by atoms with Crippen LogP contribution in [0.1, 0.15) is 18.4 Å². The highest BCUT2D eigenvalue weighted by atomic mass is 35.5. The fraction of sp³-hybridized carbons (Fsp3) is 0.636. The lowest BCUT2D eigenvalue weighted by atomic mass is 10.1. The van der Waals surface area contributed by atoms with E-state index < -0.39 is 0 Å². The van der Waals surface area contributed by atoms with Gasteiger partial charge >= 0.3 is 5.00 Å². The lowest BCUT2D eigenvalue weighted by molar-refractivity contribution is -0.380. The van der Waals surface area contributed by atoms with Crippen LogP contribution < -0.4 is 5.73 Å². The third kappa shape index (κ3) is 3.65. The van der Waals surface area contributed by atoms with Crippen LogP contribution in [-0.2, 0) is 6.54 Å². The Kier molecular flexibility index (Phi) is 5.52. The standard InChI is InChI=1S/C11H17N3O2S.ClH/c1-13(10(5-12)9-2-3-9)6-8-4-11(14(15)16)17-7-8;/h4,7,9-10H,2-3,5-6,12H2,1H3;1H. The molecular weight excluding hydrogens is 274 g/mol. The molecule has 102 valence electrons. The number of nitro groups is 1. The molecule has 5 nitrogen and oxygen atoms in total. The highest BCUT2D eigenvalue weighted by Crippen LogP contribution is 2.35. The summed E-state index contributed by atoms with van der Waals surface area (Å²) in [5.41, 5.74) is 6.78. The van der Waals surface area contributed by atoms with E-state index in [9.17, 15) is 10.1 Å². The molecule has 0 amide bonds. The molecule has 1 aromatic heterocycles.